The number of rotatable bonds is 7. The number of ether oxygens (including phenoxy) is 1. The summed E-state index contributed by atoms with van der Waals surface area (Å²) in [7, 11) is 0. The zero-order chi connectivity index (χ0) is 17.4. The Morgan fingerprint density at radius 3 is 2.46 bits per heavy atom. The molecule has 0 fully saturated rings. The van der Waals surface area contributed by atoms with Crippen LogP contribution >= 0.6 is 11.8 Å². The van der Waals surface area contributed by atoms with Crippen molar-refractivity contribution in [2.45, 2.75) is 4.90 Å². The van der Waals surface area contributed by atoms with E-state index in [0.717, 1.165) is 10.5 Å². The molecule has 2 rings (SSSR count). The van der Waals surface area contributed by atoms with Gasteiger partial charge in [0.05, 0.1) is 11.1 Å². The van der Waals surface area contributed by atoms with Crippen molar-refractivity contribution in [3.05, 3.63) is 64.2 Å². The quantitative estimate of drug-likeness (QED) is 0.251. The Kier molecular flexibility index (Phi) is 6.32. The monoisotopic (exact) mass is 346 g/mol. The van der Waals surface area contributed by atoms with Crippen molar-refractivity contribution in [2.24, 2.45) is 5.16 Å². The lowest BCUT2D eigenvalue weighted by Crippen LogP contribution is -2.12. The van der Waals surface area contributed by atoms with Crippen molar-refractivity contribution >= 4 is 29.6 Å². The summed E-state index contributed by atoms with van der Waals surface area (Å²) < 4.78 is 5.16. The van der Waals surface area contributed by atoms with E-state index < -0.39 is 10.9 Å². The summed E-state index contributed by atoms with van der Waals surface area (Å²) in [6.45, 7) is -0.347. The number of carbonyl (C=O) groups excluding carboxylic acids is 1. The van der Waals surface area contributed by atoms with Crippen LogP contribution in [0.1, 0.15) is 5.56 Å². The highest BCUT2D eigenvalue weighted by molar-refractivity contribution is 7.98. The number of non-ortho nitro benzene ring substituents is 1. The average molecular weight is 346 g/mol. The average Bonchev–Trinajstić information content (AvgIpc) is 2.61. The fourth-order valence-electron chi connectivity index (χ4n) is 1.67. The Morgan fingerprint density at radius 2 is 1.88 bits per heavy atom. The fourth-order valence-corrected chi connectivity index (χ4v) is 2.08. The van der Waals surface area contributed by atoms with Gasteiger partial charge in [0.25, 0.3) is 5.69 Å². The van der Waals surface area contributed by atoms with Crippen LogP contribution in [0.3, 0.4) is 0 Å². The third-order valence-corrected chi connectivity index (χ3v) is 3.62. The van der Waals surface area contributed by atoms with E-state index in [1.54, 1.807) is 11.8 Å². The lowest BCUT2D eigenvalue weighted by atomic mass is 10.2. The lowest BCUT2D eigenvalue weighted by Gasteiger charge is -2.03. The highest BCUT2D eigenvalue weighted by atomic mass is 32.2. The molecule has 0 aliphatic rings. The van der Waals surface area contributed by atoms with Gasteiger partial charge in [-0.15, -0.1) is 11.8 Å². The van der Waals surface area contributed by atoms with E-state index in [1.165, 1.54) is 30.5 Å². The summed E-state index contributed by atoms with van der Waals surface area (Å²) in [4.78, 5) is 27.3. The Hall–Kier alpha value is -2.87. The molecule has 24 heavy (non-hydrogen) atoms. The molecule has 124 valence electrons. The maximum absolute atomic E-state index is 11.5. The van der Waals surface area contributed by atoms with Crippen molar-refractivity contribution in [3.63, 3.8) is 0 Å². The van der Waals surface area contributed by atoms with Crippen LogP contribution < -0.4 is 4.74 Å². The summed E-state index contributed by atoms with van der Waals surface area (Å²) in [6, 6.07) is 13.0. The van der Waals surface area contributed by atoms with Gasteiger partial charge in [0.1, 0.15) is 5.75 Å². The number of thioether (sulfide) groups is 1. The number of nitro benzene ring substituents is 1. The first-order valence-electron chi connectivity index (χ1n) is 6.83. The Balaban J connectivity index is 1.78. The SMILES string of the molecule is CSc1ccc(/C=N\OC(=O)COc2ccc([N+](=O)[O-])cc2)cc1. The molecule has 2 aromatic rings. The van der Waals surface area contributed by atoms with Gasteiger partial charge in [-0.2, -0.15) is 0 Å². The van der Waals surface area contributed by atoms with Gasteiger partial charge in [-0.3, -0.25) is 10.1 Å². The van der Waals surface area contributed by atoms with Crippen molar-refractivity contribution < 1.29 is 19.3 Å². The molecule has 0 spiro atoms. The molecule has 8 heteroatoms. The normalized spacial score (nSPS) is 10.5. The summed E-state index contributed by atoms with van der Waals surface area (Å²) in [6.07, 6.45) is 3.41. The molecule has 0 amide bonds. The Morgan fingerprint density at radius 1 is 1.21 bits per heavy atom. The maximum atomic E-state index is 11.5. The van der Waals surface area contributed by atoms with Crippen LogP contribution in [0, 0.1) is 10.1 Å². The molecule has 7 nitrogen and oxygen atoms in total. The van der Waals surface area contributed by atoms with Gasteiger partial charge in [-0.1, -0.05) is 17.3 Å². The number of hydrogen-bond acceptors (Lipinski definition) is 7. The molecule has 0 saturated carbocycles. The maximum Gasteiger partial charge on any atom is 0.372 e. The molecule has 0 saturated heterocycles. The minimum atomic E-state index is -0.676. The predicted octanol–water partition coefficient (Wildman–Crippen LogP) is 3.27. The summed E-state index contributed by atoms with van der Waals surface area (Å²) in [5, 5.41) is 14.1. The third kappa shape index (κ3) is 5.40. The molecule has 0 aliphatic heterocycles. The van der Waals surface area contributed by atoms with E-state index in [4.69, 9.17) is 4.74 Å². The lowest BCUT2D eigenvalue weighted by molar-refractivity contribution is -0.384. The smallest absolute Gasteiger partial charge is 0.372 e. The van der Waals surface area contributed by atoms with Crippen molar-refractivity contribution in [1.82, 2.24) is 0 Å². The van der Waals surface area contributed by atoms with E-state index in [0.29, 0.717) is 5.75 Å². The van der Waals surface area contributed by atoms with Crippen molar-refractivity contribution in [3.8, 4) is 5.75 Å². The van der Waals surface area contributed by atoms with Crippen LogP contribution in [0.4, 0.5) is 5.69 Å². The minimum Gasteiger partial charge on any atom is -0.482 e. The number of nitro groups is 1. The first-order chi connectivity index (χ1) is 11.6. The van der Waals surface area contributed by atoms with Gasteiger partial charge >= 0.3 is 5.97 Å². The van der Waals surface area contributed by atoms with Gasteiger partial charge in [0.15, 0.2) is 6.61 Å². The summed E-state index contributed by atoms with van der Waals surface area (Å²) in [5.74, 6) is -0.348. The molecule has 2 aromatic carbocycles. The molecule has 0 heterocycles. The second kappa shape index (κ2) is 8.68. The van der Waals surface area contributed by atoms with Crippen LogP contribution in [0.5, 0.6) is 5.75 Å². The van der Waals surface area contributed by atoms with Crippen molar-refractivity contribution in [1.29, 1.82) is 0 Å². The van der Waals surface area contributed by atoms with Crippen LogP contribution in [0.25, 0.3) is 0 Å². The molecule has 0 atom stereocenters. The Bertz CT molecular complexity index is 729. The van der Waals surface area contributed by atoms with Gasteiger partial charge in [-0.05, 0) is 36.1 Å². The highest BCUT2D eigenvalue weighted by Crippen LogP contribution is 2.17. The van der Waals surface area contributed by atoms with E-state index in [2.05, 4.69) is 9.99 Å². The number of benzene rings is 2. The van der Waals surface area contributed by atoms with Gasteiger partial charge in [0.2, 0.25) is 0 Å². The fraction of sp³-hybridized carbons (Fsp3) is 0.125. The number of nitrogens with zero attached hydrogens (tertiary/aromatic N) is 2. The first-order valence-corrected chi connectivity index (χ1v) is 8.05. The molecule has 0 radical (unpaired) electrons. The number of hydrogen-bond donors (Lipinski definition) is 0. The summed E-state index contributed by atoms with van der Waals surface area (Å²) in [5.41, 5.74) is 0.749. The van der Waals surface area contributed by atoms with Crippen LogP contribution in [0.15, 0.2) is 58.6 Å². The standard InChI is InChI=1S/C16H14N2O5S/c1-24-15-8-2-12(3-9-15)10-17-23-16(19)11-22-14-6-4-13(5-7-14)18(20)21/h2-10H,11H2,1H3/b17-10-. The largest absolute Gasteiger partial charge is 0.482 e. The van der Waals surface area contributed by atoms with Crippen LogP contribution in [-0.2, 0) is 9.63 Å². The number of carbonyl (C=O) groups is 1. The van der Waals surface area contributed by atoms with Crippen molar-refractivity contribution in [2.75, 3.05) is 12.9 Å². The van der Waals surface area contributed by atoms with Gasteiger partial charge in [0, 0.05) is 17.0 Å². The van der Waals surface area contributed by atoms with E-state index >= 15 is 0 Å². The number of oxime groups is 1. The second-order valence-corrected chi connectivity index (χ2v) is 5.39. The van der Waals surface area contributed by atoms with E-state index in [1.807, 2.05) is 30.5 Å². The minimum absolute atomic E-state index is 0.0537. The molecule has 0 bridgehead atoms. The van der Waals surface area contributed by atoms with Crippen LogP contribution in [0.2, 0.25) is 0 Å². The molecule has 0 aliphatic carbocycles. The zero-order valence-electron chi connectivity index (χ0n) is 12.7. The van der Waals surface area contributed by atoms with E-state index in [-0.39, 0.29) is 12.3 Å². The molecule has 0 aromatic heterocycles. The van der Waals surface area contributed by atoms with Gasteiger partial charge in [-0.25, -0.2) is 4.79 Å². The highest BCUT2D eigenvalue weighted by Gasteiger charge is 2.07. The van der Waals surface area contributed by atoms with E-state index in [9.17, 15) is 14.9 Å². The topological polar surface area (TPSA) is 91.0 Å². The zero-order valence-corrected chi connectivity index (χ0v) is 13.6. The van der Waals surface area contributed by atoms with Crippen LogP contribution in [-0.4, -0.2) is 30.0 Å². The third-order valence-electron chi connectivity index (χ3n) is 2.88. The van der Waals surface area contributed by atoms with Gasteiger partial charge < -0.3 is 9.57 Å². The molecular formula is C16H14N2O5S. The molecule has 0 N–H and O–H groups in total. The Labute approximate surface area is 142 Å². The molecule has 0 unspecified atom stereocenters. The second-order valence-electron chi connectivity index (χ2n) is 4.51. The first kappa shape index (κ1) is 17.5. The summed E-state index contributed by atoms with van der Waals surface area (Å²) >= 11 is 1.63. The predicted molar refractivity (Wildman–Crippen MR) is 90.5 cm³/mol. The molecular weight excluding hydrogens is 332 g/mol.